The summed E-state index contributed by atoms with van der Waals surface area (Å²) >= 11 is 0. The fourth-order valence-corrected chi connectivity index (χ4v) is 1.77. The Morgan fingerprint density at radius 3 is 1.87 bits per heavy atom. The smallest absolute Gasteiger partial charge is 0.122 e. The zero-order valence-electron chi connectivity index (χ0n) is 9.84. The maximum atomic E-state index is 10.0. The molecule has 1 N–H and O–H groups in total. The van der Waals surface area contributed by atoms with E-state index in [1.165, 1.54) is 0 Å². The molecule has 2 heteroatoms. The van der Waals surface area contributed by atoms with E-state index in [4.69, 9.17) is 4.74 Å². The summed E-state index contributed by atoms with van der Waals surface area (Å²) < 4.78 is 5.23. The molecule has 0 atom stereocenters. The first-order chi connectivity index (χ1) is 7.22. The highest BCUT2D eigenvalue weighted by Gasteiger charge is 2.09. The van der Waals surface area contributed by atoms with Crippen LogP contribution < -0.4 is 4.74 Å². The molecule has 0 aromatic heterocycles. The molecule has 0 radical (unpaired) electrons. The molecule has 1 rings (SSSR count). The molecule has 0 bridgehead atoms. The molecule has 0 aliphatic heterocycles. The minimum absolute atomic E-state index is 0.458. The van der Waals surface area contributed by atoms with Crippen molar-refractivity contribution in [3.05, 3.63) is 23.3 Å². The lowest BCUT2D eigenvalue weighted by Gasteiger charge is -2.11. The Balaban J connectivity index is 3.08. The summed E-state index contributed by atoms with van der Waals surface area (Å²) in [6.07, 6.45) is 3.87. The molecule has 1 aromatic carbocycles. The molecule has 0 amide bonds. The summed E-state index contributed by atoms with van der Waals surface area (Å²) in [6.45, 7) is 4.22. The SMILES string of the molecule is CCCc1cc(OC)cc(CCC)c1O. The molecule has 2 nitrogen and oxygen atoms in total. The quantitative estimate of drug-likeness (QED) is 0.804. The second-order valence-electron chi connectivity index (χ2n) is 3.79. The van der Waals surface area contributed by atoms with Crippen molar-refractivity contribution in [3.8, 4) is 11.5 Å². The fraction of sp³-hybridized carbons (Fsp3) is 0.538. The van der Waals surface area contributed by atoms with Gasteiger partial charge in [0.2, 0.25) is 0 Å². The molecule has 0 aliphatic carbocycles. The standard InChI is InChI=1S/C13H20O2/c1-4-6-10-8-12(15-3)9-11(7-5-2)13(10)14/h8-9,14H,4-7H2,1-3H3. The highest BCUT2D eigenvalue weighted by Crippen LogP contribution is 2.30. The summed E-state index contributed by atoms with van der Waals surface area (Å²) in [5, 5.41) is 10.0. The third kappa shape index (κ3) is 2.88. The number of aromatic hydroxyl groups is 1. The van der Waals surface area contributed by atoms with Crippen molar-refractivity contribution in [2.24, 2.45) is 0 Å². The van der Waals surface area contributed by atoms with Gasteiger partial charge in [0.05, 0.1) is 7.11 Å². The maximum Gasteiger partial charge on any atom is 0.122 e. The number of methoxy groups -OCH3 is 1. The molecule has 0 aliphatic rings. The highest BCUT2D eigenvalue weighted by atomic mass is 16.5. The van der Waals surface area contributed by atoms with Crippen molar-refractivity contribution in [1.82, 2.24) is 0 Å². The number of benzene rings is 1. The molecular formula is C13H20O2. The minimum atomic E-state index is 0.458. The predicted molar refractivity (Wildman–Crippen MR) is 62.6 cm³/mol. The van der Waals surface area contributed by atoms with Gasteiger partial charge in [0.1, 0.15) is 11.5 Å². The first kappa shape index (κ1) is 11.9. The van der Waals surface area contributed by atoms with Crippen LogP contribution in [0.2, 0.25) is 0 Å². The van der Waals surface area contributed by atoms with Crippen molar-refractivity contribution in [3.63, 3.8) is 0 Å². The number of phenols is 1. The Morgan fingerprint density at radius 1 is 1.07 bits per heavy atom. The van der Waals surface area contributed by atoms with Crippen LogP contribution in [-0.2, 0) is 12.8 Å². The van der Waals surface area contributed by atoms with Gasteiger partial charge < -0.3 is 9.84 Å². The van der Waals surface area contributed by atoms with Crippen LogP contribution in [0.25, 0.3) is 0 Å². The van der Waals surface area contributed by atoms with Gasteiger partial charge in [-0.15, -0.1) is 0 Å². The van der Waals surface area contributed by atoms with Gasteiger partial charge in [-0.05, 0) is 36.1 Å². The molecule has 15 heavy (non-hydrogen) atoms. The third-order valence-electron chi connectivity index (χ3n) is 2.52. The predicted octanol–water partition coefficient (Wildman–Crippen LogP) is 3.31. The van der Waals surface area contributed by atoms with Crippen LogP contribution in [-0.4, -0.2) is 12.2 Å². The van der Waals surface area contributed by atoms with Gasteiger partial charge in [-0.25, -0.2) is 0 Å². The lowest BCUT2D eigenvalue weighted by atomic mass is 10.0. The Morgan fingerprint density at radius 2 is 1.53 bits per heavy atom. The lowest BCUT2D eigenvalue weighted by Crippen LogP contribution is -1.94. The molecular weight excluding hydrogens is 188 g/mol. The van der Waals surface area contributed by atoms with Gasteiger partial charge >= 0.3 is 0 Å². The van der Waals surface area contributed by atoms with Gasteiger partial charge in [-0.1, -0.05) is 26.7 Å². The van der Waals surface area contributed by atoms with E-state index in [2.05, 4.69) is 13.8 Å². The van der Waals surface area contributed by atoms with Crippen molar-refractivity contribution in [2.45, 2.75) is 39.5 Å². The summed E-state index contributed by atoms with van der Waals surface area (Å²) in [5.74, 6) is 1.30. The third-order valence-corrected chi connectivity index (χ3v) is 2.52. The van der Waals surface area contributed by atoms with Gasteiger partial charge in [-0.2, -0.15) is 0 Å². The second kappa shape index (κ2) is 5.64. The van der Waals surface area contributed by atoms with Gasteiger partial charge in [0.25, 0.3) is 0 Å². The lowest BCUT2D eigenvalue weighted by molar-refractivity contribution is 0.408. The largest absolute Gasteiger partial charge is 0.507 e. The van der Waals surface area contributed by atoms with Crippen LogP contribution in [0, 0.1) is 0 Å². The van der Waals surface area contributed by atoms with Crippen LogP contribution in [0.4, 0.5) is 0 Å². The fourth-order valence-electron chi connectivity index (χ4n) is 1.77. The summed E-state index contributed by atoms with van der Waals surface area (Å²) in [5.41, 5.74) is 2.00. The van der Waals surface area contributed by atoms with Crippen molar-refractivity contribution in [1.29, 1.82) is 0 Å². The highest BCUT2D eigenvalue weighted by molar-refractivity contribution is 5.46. The minimum Gasteiger partial charge on any atom is -0.507 e. The van der Waals surface area contributed by atoms with Crippen molar-refractivity contribution >= 4 is 0 Å². The van der Waals surface area contributed by atoms with Crippen molar-refractivity contribution < 1.29 is 9.84 Å². The Labute approximate surface area is 91.9 Å². The number of hydrogen-bond acceptors (Lipinski definition) is 2. The number of hydrogen-bond donors (Lipinski definition) is 1. The average Bonchev–Trinajstić information content (AvgIpc) is 2.24. The first-order valence-corrected chi connectivity index (χ1v) is 5.61. The van der Waals surface area contributed by atoms with Crippen LogP contribution >= 0.6 is 0 Å². The van der Waals surface area contributed by atoms with Crippen molar-refractivity contribution in [2.75, 3.05) is 7.11 Å². The number of ether oxygens (including phenoxy) is 1. The number of phenolic OH excluding ortho intramolecular Hbond substituents is 1. The van der Waals surface area contributed by atoms with E-state index in [0.717, 1.165) is 42.6 Å². The Bertz CT molecular complexity index is 291. The summed E-state index contributed by atoms with van der Waals surface area (Å²) in [4.78, 5) is 0. The zero-order valence-corrected chi connectivity index (χ0v) is 9.84. The molecule has 0 spiro atoms. The van der Waals surface area contributed by atoms with Crippen LogP contribution in [0.1, 0.15) is 37.8 Å². The van der Waals surface area contributed by atoms with Crippen LogP contribution in [0.5, 0.6) is 11.5 Å². The van der Waals surface area contributed by atoms with Gasteiger partial charge in [0.15, 0.2) is 0 Å². The number of aryl methyl sites for hydroxylation is 2. The zero-order chi connectivity index (χ0) is 11.3. The summed E-state index contributed by atoms with van der Waals surface area (Å²) in [7, 11) is 1.66. The molecule has 0 fully saturated rings. The van der Waals surface area contributed by atoms with E-state index >= 15 is 0 Å². The normalized spacial score (nSPS) is 10.3. The van der Waals surface area contributed by atoms with E-state index in [1.54, 1.807) is 7.11 Å². The average molecular weight is 208 g/mol. The number of rotatable bonds is 5. The molecule has 0 unspecified atom stereocenters. The maximum absolute atomic E-state index is 10.0. The van der Waals surface area contributed by atoms with E-state index in [9.17, 15) is 5.11 Å². The molecule has 0 heterocycles. The molecule has 84 valence electrons. The van der Waals surface area contributed by atoms with Gasteiger partial charge in [-0.3, -0.25) is 0 Å². The molecule has 1 aromatic rings. The van der Waals surface area contributed by atoms with E-state index in [0.29, 0.717) is 5.75 Å². The molecule has 0 saturated heterocycles. The summed E-state index contributed by atoms with van der Waals surface area (Å²) in [6, 6.07) is 3.86. The van der Waals surface area contributed by atoms with Crippen LogP contribution in [0.15, 0.2) is 12.1 Å². The van der Waals surface area contributed by atoms with Crippen LogP contribution in [0.3, 0.4) is 0 Å². The van der Waals surface area contributed by atoms with E-state index in [-0.39, 0.29) is 0 Å². The van der Waals surface area contributed by atoms with E-state index in [1.807, 2.05) is 12.1 Å². The topological polar surface area (TPSA) is 29.5 Å². The Kier molecular flexibility index (Phi) is 4.47. The first-order valence-electron chi connectivity index (χ1n) is 5.61. The monoisotopic (exact) mass is 208 g/mol. The second-order valence-corrected chi connectivity index (χ2v) is 3.79. The Hall–Kier alpha value is -1.18. The molecule has 0 saturated carbocycles. The van der Waals surface area contributed by atoms with Gasteiger partial charge in [0, 0.05) is 0 Å². The van der Waals surface area contributed by atoms with E-state index < -0.39 is 0 Å².